The highest BCUT2D eigenvalue weighted by Crippen LogP contribution is 2.35. The number of carbonyl (C=O) groups excluding carboxylic acids is 2. The minimum Gasteiger partial charge on any atom is -0.336 e. The van der Waals surface area contributed by atoms with Gasteiger partial charge in [-0.2, -0.15) is 36.3 Å². The fraction of sp³-hybridized carbons (Fsp3) is 0.378. The van der Waals surface area contributed by atoms with Crippen molar-refractivity contribution in [1.82, 2.24) is 38.7 Å². The number of halogens is 8. The maximum atomic E-state index is 14.9. The Morgan fingerprint density at radius 2 is 0.969 bits per heavy atom. The number of likely N-dealkylation sites (N-methyl/N-ethyl adjacent to an activating group) is 2. The van der Waals surface area contributed by atoms with Gasteiger partial charge >= 0.3 is 12.4 Å². The Kier molecular flexibility index (Phi) is 17.0. The summed E-state index contributed by atoms with van der Waals surface area (Å²) in [4.78, 5) is 67.0. The predicted molar refractivity (Wildman–Crippen MR) is 363 cm³/mol. The van der Waals surface area contributed by atoms with Crippen molar-refractivity contribution >= 4 is 35.3 Å². The van der Waals surface area contributed by atoms with E-state index in [4.69, 9.17) is 21.9 Å². The van der Waals surface area contributed by atoms with E-state index in [9.17, 15) is 59.8 Å². The fourth-order valence-corrected chi connectivity index (χ4v) is 11.9. The largest absolute Gasteiger partial charge is 0.416 e. The molecule has 96 heavy (non-hydrogen) atoms. The van der Waals surface area contributed by atoms with Crippen molar-refractivity contribution in [2.75, 3.05) is 52.2 Å². The molecule has 10 rings (SSSR count). The third-order valence-electron chi connectivity index (χ3n) is 15.7. The van der Waals surface area contributed by atoms with E-state index in [1.165, 1.54) is 54.5 Å². The summed E-state index contributed by atoms with van der Waals surface area (Å²) in [6.45, 7) is -9.60. The van der Waals surface area contributed by atoms with Gasteiger partial charge in [-0.15, -0.1) is 0 Å². The van der Waals surface area contributed by atoms with E-state index in [1.807, 2.05) is 0 Å². The number of hydrogen-bond donors (Lipinski definition) is 0. The van der Waals surface area contributed by atoms with Crippen LogP contribution in [-0.4, -0.2) is 103 Å². The van der Waals surface area contributed by atoms with Crippen LogP contribution >= 0.6 is 23.5 Å². The second-order valence-electron chi connectivity index (χ2n) is 22.0. The molecule has 2 aromatic heterocycles. The summed E-state index contributed by atoms with van der Waals surface area (Å²) in [6.07, 6.45) is -7.21. The third kappa shape index (κ3) is 18.8. The zero-order valence-electron chi connectivity index (χ0n) is 73.0. The Hall–Kier alpha value is -7.92. The van der Waals surface area contributed by atoms with Crippen molar-refractivity contribution in [1.29, 1.82) is 0 Å². The number of nitrogens with zero attached hydrogens (tertiary/aromatic N) is 8. The Morgan fingerprint density at radius 3 is 1.40 bits per heavy atom. The summed E-state index contributed by atoms with van der Waals surface area (Å²) in [5, 5.41) is -0.508. The Balaban J connectivity index is 0.000000265. The lowest BCUT2D eigenvalue weighted by Crippen LogP contribution is -2.40. The zero-order chi connectivity index (χ0) is 86.6. The van der Waals surface area contributed by atoms with Gasteiger partial charge in [-0.25, -0.2) is 8.78 Å². The van der Waals surface area contributed by atoms with Gasteiger partial charge < -0.3 is 28.7 Å². The van der Waals surface area contributed by atoms with Gasteiger partial charge in [-0.05, 0) is 183 Å². The summed E-state index contributed by atoms with van der Waals surface area (Å²) in [7, 11) is 0. The molecule has 22 heteroatoms. The standard InChI is InChI=1S/2C37H40F4N4O2S/c2*1-4-43(5-2)19-20-44(22-29-12-11-28(21-25(29)3)27-13-15-30(16-14-27)37(39,40)41)34(46)23-45-33-8-6-7-32(33)35(47)42-36(45)48-24-26-9-17-31(38)18-10-26/h2*9-18,21H,4-8,19-20,22-24H2,1-3H3/i11D,12D,19D2,20D2,21D,22D2,24D2;4D2,5D2,11D,12D,21D,24D2. The topological polar surface area (TPSA) is 117 Å². The molecule has 0 aliphatic heterocycles. The Labute approximate surface area is 591 Å². The lowest BCUT2D eigenvalue weighted by molar-refractivity contribution is -0.138. The molecule has 508 valence electrons. The minimum atomic E-state index is -4.70. The number of benzene rings is 6. The van der Waals surface area contributed by atoms with Crippen LogP contribution < -0.4 is 11.1 Å². The van der Waals surface area contributed by atoms with Crippen molar-refractivity contribution in [2.45, 2.75) is 140 Å². The molecular weight excluding hydrogens is 1280 g/mol. The van der Waals surface area contributed by atoms with Gasteiger partial charge in [0.1, 0.15) is 24.7 Å². The van der Waals surface area contributed by atoms with Gasteiger partial charge in [0.25, 0.3) is 11.1 Å². The second-order valence-corrected chi connectivity index (χ2v) is 23.5. The van der Waals surface area contributed by atoms with Gasteiger partial charge in [-0.3, -0.25) is 19.2 Å². The number of aromatic nitrogens is 4. The minimum absolute atomic E-state index is 0.0335. The number of hydrogen-bond acceptors (Lipinski definition) is 10. The first-order valence-electron chi connectivity index (χ1n) is 40.4. The third-order valence-corrected chi connectivity index (χ3v) is 17.4. The lowest BCUT2D eigenvalue weighted by Gasteiger charge is -2.28. The van der Waals surface area contributed by atoms with Crippen LogP contribution in [0.2, 0.25) is 0 Å². The van der Waals surface area contributed by atoms with Gasteiger partial charge in [0.15, 0.2) is 10.3 Å². The molecule has 0 bridgehead atoms. The van der Waals surface area contributed by atoms with E-state index in [0.717, 1.165) is 95.8 Å². The Bertz CT molecular complexity index is 5080. The highest BCUT2D eigenvalue weighted by molar-refractivity contribution is 7.98. The molecule has 12 nitrogen and oxygen atoms in total. The van der Waals surface area contributed by atoms with Crippen LogP contribution in [0.25, 0.3) is 22.3 Å². The maximum Gasteiger partial charge on any atom is 0.416 e. The van der Waals surface area contributed by atoms with E-state index < -0.39 is 163 Å². The molecule has 2 aliphatic rings. The molecule has 0 N–H and O–H groups in total. The van der Waals surface area contributed by atoms with Gasteiger partial charge in [-0.1, -0.05) is 136 Å². The number of rotatable bonds is 26. The molecule has 0 radical (unpaired) electrons. The molecule has 2 heterocycles. The molecule has 8 aromatic rings. The normalized spacial score (nSPS) is 16.9. The average Bonchev–Trinajstić information content (AvgIpc) is 0.823. The van der Waals surface area contributed by atoms with Gasteiger partial charge in [0.05, 0.1) is 24.8 Å². The fourth-order valence-electron chi connectivity index (χ4n) is 10.4. The molecule has 0 unspecified atom stereocenters. The number of carbonyl (C=O) groups is 2. The van der Waals surface area contributed by atoms with E-state index in [2.05, 4.69) is 9.97 Å². The quantitative estimate of drug-likeness (QED) is 0.0295. The lowest BCUT2D eigenvalue weighted by atomic mass is 9.98. The van der Waals surface area contributed by atoms with Crippen molar-refractivity contribution in [3.63, 3.8) is 0 Å². The van der Waals surface area contributed by atoms with Crippen molar-refractivity contribution in [3.8, 4) is 22.3 Å². The van der Waals surface area contributed by atoms with Crippen LogP contribution in [0.4, 0.5) is 35.1 Å². The average molecular weight is 1380 g/mol. The first kappa shape index (κ1) is 49.6. The van der Waals surface area contributed by atoms with Crippen molar-refractivity contribution in [2.24, 2.45) is 0 Å². The highest BCUT2D eigenvalue weighted by atomic mass is 32.2. The van der Waals surface area contributed by atoms with Gasteiger partial charge in [0, 0.05) is 86.8 Å². The molecule has 0 atom stereocenters. The molecule has 6 aromatic carbocycles. The first-order valence-corrected chi connectivity index (χ1v) is 32.0. The molecule has 0 fully saturated rings. The van der Waals surface area contributed by atoms with E-state index in [0.29, 0.717) is 72.6 Å². The molecule has 0 saturated carbocycles. The van der Waals surface area contributed by atoms with Crippen LogP contribution in [0, 0.1) is 25.5 Å². The number of amides is 2. The summed E-state index contributed by atoms with van der Waals surface area (Å²) in [5.74, 6) is -3.37. The molecule has 0 spiro atoms. The summed E-state index contributed by atoms with van der Waals surface area (Å²) in [5.41, 5.74) is -8.11. The number of alkyl halides is 6. The van der Waals surface area contributed by atoms with Crippen molar-refractivity contribution < 1.29 is 72.1 Å². The maximum absolute atomic E-state index is 14.9. The highest BCUT2D eigenvalue weighted by Gasteiger charge is 2.32. The van der Waals surface area contributed by atoms with Crippen LogP contribution in [0.15, 0.2) is 153 Å². The zero-order valence-corrected chi connectivity index (χ0v) is 54.6. The van der Waals surface area contributed by atoms with E-state index >= 15 is 0 Å². The summed E-state index contributed by atoms with van der Waals surface area (Å²) >= 11 is 0.932. The van der Waals surface area contributed by atoms with Crippen LogP contribution in [0.5, 0.6) is 0 Å². The van der Waals surface area contributed by atoms with Crippen LogP contribution in [0.3, 0.4) is 0 Å². The number of fused-ring (bicyclic) bond motifs is 2. The monoisotopic (exact) mass is 1380 g/mol. The van der Waals surface area contributed by atoms with Gasteiger partial charge in [0.2, 0.25) is 11.8 Å². The Morgan fingerprint density at radius 1 is 0.542 bits per heavy atom. The number of thioether (sulfide) groups is 2. The van der Waals surface area contributed by atoms with E-state index in [1.54, 1.807) is 0 Å². The SMILES string of the molecule is [2H]c1c([2H])c(-c2ccc(C(F)(F)F)cc2)c([2H])c(C)c1CN(CCN(C([2H])([2H])C)C([2H])([2H])C)C(=O)Cn1c(SC([2H])([2H])c2ccc(F)cc2)nc(=O)c2c1CCC2.[2H]c1c([2H])c(C([2H])([2H])N(C(=O)Cn2c(SC([2H])([2H])c3ccc(F)cc3)nc(=O)c3c2CCC3)C([2H])([2H])C([2H])([2H])N(CC)CC)c(C)c([2H])c1-c1ccc(C(F)(F)F)cc1. The van der Waals surface area contributed by atoms with Crippen LogP contribution in [-0.2, 0) is 85.2 Å². The molecule has 0 saturated heterocycles. The smallest absolute Gasteiger partial charge is 0.336 e. The molecule has 2 aliphatic carbocycles. The van der Waals surface area contributed by atoms with Crippen molar-refractivity contribution in [3.05, 3.63) is 233 Å². The van der Waals surface area contributed by atoms with E-state index in [-0.39, 0.29) is 116 Å². The molecule has 2 amide bonds. The second kappa shape index (κ2) is 32.9. The first-order chi connectivity index (χ1) is 53.5. The molecular formula is C74H80F8N8O4S2. The predicted octanol–water partition coefficient (Wildman–Crippen LogP) is 15.1. The summed E-state index contributed by atoms with van der Waals surface area (Å²) < 4.78 is 287. The van der Waals surface area contributed by atoms with Crippen LogP contribution in [0.1, 0.15) is 135 Å². The summed E-state index contributed by atoms with van der Waals surface area (Å²) in [6, 6.07) is 12.7.